The predicted molar refractivity (Wildman–Crippen MR) is 110 cm³/mol. The number of carbonyl (C=O) groups excluding carboxylic acids is 2. The smallest absolute Gasteiger partial charge is 0.272 e. The van der Waals surface area contributed by atoms with E-state index in [9.17, 15) is 9.59 Å². The molecule has 0 bridgehead atoms. The van der Waals surface area contributed by atoms with E-state index < -0.39 is 0 Å². The van der Waals surface area contributed by atoms with Gasteiger partial charge in [0.1, 0.15) is 0 Å². The number of nitrogens with one attached hydrogen (secondary N) is 2. The molecule has 7 heteroatoms. The number of aromatic nitrogens is 3. The summed E-state index contributed by atoms with van der Waals surface area (Å²) in [6, 6.07) is 3.44. The van der Waals surface area contributed by atoms with Gasteiger partial charge in [0.25, 0.3) is 11.8 Å². The second-order valence-corrected chi connectivity index (χ2v) is 10.2. The van der Waals surface area contributed by atoms with Gasteiger partial charge in [0, 0.05) is 34.3 Å². The lowest BCUT2D eigenvalue weighted by Gasteiger charge is -2.20. The maximum absolute atomic E-state index is 12.8. The van der Waals surface area contributed by atoms with Crippen LogP contribution in [0.3, 0.4) is 0 Å². The summed E-state index contributed by atoms with van der Waals surface area (Å²) in [7, 11) is 0. The molecule has 29 heavy (non-hydrogen) atoms. The highest BCUT2D eigenvalue weighted by atomic mass is 16.2. The molecule has 1 saturated carbocycles. The van der Waals surface area contributed by atoms with Crippen molar-refractivity contribution in [3.05, 3.63) is 40.8 Å². The van der Waals surface area contributed by atoms with Crippen LogP contribution in [-0.2, 0) is 6.42 Å². The van der Waals surface area contributed by atoms with Crippen molar-refractivity contribution in [3.8, 4) is 5.82 Å². The van der Waals surface area contributed by atoms with Crippen molar-refractivity contribution in [1.82, 2.24) is 25.4 Å². The van der Waals surface area contributed by atoms with Gasteiger partial charge in [-0.05, 0) is 72.4 Å². The van der Waals surface area contributed by atoms with Crippen LogP contribution >= 0.6 is 0 Å². The Morgan fingerprint density at radius 2 is 1.72 bits per heavy atom. The molecule has 0 spiro atoms. The summed E-state index contributed by atoms with van der Waals surface area (Å²) in [6.07, 6.45) is 3.63. The highest BCUT2D eigenvalue weighted by molar-refractivity contribution is 5.96. The first-order valence-electron chi connectivity index (χ1n) is 10.2. The fraction of sp³-hybridized carbons (Fsp3) is 0.545. The molecule has 2 N–H and O–H groups in total. The Labute approximate surface area is 171 Å². The van der Waals surface area contributed by atoms with Crippen molar-refractivity contribution >= 4 is 11.8 Å². The standard InChI is InChI=1S/C22H29N5O2/c1-21(2,3)24-19(28)12-7-8-23-16(11-12)27-18-14-9-13(14)10-15(18)17(26-27)20(29)25-22(4,5)6/h7-8,11,13-14H,9-10H2,1-6H3,(H,24,28)(H,25,29)/t13-,14-/m1/s1. The van der Waals surface area contributed by atoms with Crippen LogP contribution in [0.4, 0.5) is 0 Å². The first kappa shape index (κ1) is 19.6. The lowest BCUT2D eigenvalue weighted by Crippen LogP contribution is -2.41. The zero-order chi connectivity index (χ0) is 21.1. The fourth-order valence-corrected chi connectivity index (χ4v) is 3.96. The lowest BCUT2D eigenvalue weighted by molar-refractivity contribution is 0.0905. The normalized spacial score (nSPS) is 20.1. The largest absolute Gasteiger partial charge is 0.347 e. The van der Waals surface area contributed by atoms with E-state index in [1.165, 1.54) is 0 Å². The number of fused-ring (bicyclic) bond motifs is 3. The van der Waals surface area contributed by atoms with Crippen LogP contribution in [0.15, 0.2) is 18.3 Å². The second-order valence-electron chi connectivity index (χ2n) is 10.2. The monoisotopic (exact) mass is 395 g/mol. The Hall–Kier alpha value is -2.70. The molecule has 2 amide bonds. The summed E-state index contributed by atoms with van der Waals surface area (Å²) in [5.41, 5.74) is 2.45. The minimum atomic E-state index is -0.335. The Kier molecular flexibility index (Phi) is 4.33. The first-order chi connectivity index (χ1) is 13.4. The third-order valence-corrected chi connectivity index (χ3v) is 5.18. The summed E-state index contributed by atoms with van der Waals surface area (Å²) in [4.78, 5) is 29.9. The molecule has 1 fully saturated rings. The van der Waals surface area contributed by atoms with E-state index in [0.717, 1.165) is 24.1 Å². The van der Waals surface area contributed by atoms with E-state index >= 15 is 0 Å². The van der Waals surface area contributed by atoms with Crippen LogP contribution in [-0.4, -0.2) is 37.7 Å². The number of rotatable bonds is 3. The average molecular weight is 396 g/mol. The minimum Gasteiger partial charge on any atom is -0.347 e. The maximum atomic E-state index is 12.8. The molecule has 2 atom stereocenters. The highest BCUT2D eigenvalue weighted by Gasteiger charge is 2.50. The van der Waals surface area contributed by atoms with E-state index in [2.05, 4.69) is 20.7 Å². The third-order valence-electron chi connectivity index (χ3n) is 5.18. The van der Waals surface area contributed by atoms with E-state index in [1.54, 1.807) is 23.0 Å². The summed E-state index contributed by atoms with van der Waals surface area (Å²) in [6.45, 7) is 11.7. The average Bonchev–Trinajstić information content (AvgIpc) is 3.07. The van der Waals surface area contributed by atoms with Gasteiger partial charge in [-0.1, -0.05) is 0 Å². The zero-order valence-electron chi connectivity index (χ0n) is 18.0. The Balaban J connectivity index is 1.71. The molecule has 2 aliphatic carbocycles. The predicted octanol–water partition coefficient (Wildman–Crippen LogP) is 2.98. The van der Waals surface area contributed by atoms with Crippen LogP contribution in [0.5, 0.6) is 0 Å². The van der Waals surface area contributed by atoms with E-state index in [-0.39, 0.29) is 22.9 Å². The molecular weight excluding hydrogens is 366 g/mol. The van der Waals surface area contributed by atoms with Gasteiger partial charge in [-0.2, -0.15) is 5.10 Å². The van der Waals surface area contributed by atoms with Crippen molar-refractivity contribution in [1.29, 1.82) is 0 Å². The number of hydrogen-bond acceptors (Lipinski definition) is 4. The number of amides is 2. The van der Waals surface area contributed by atoms with Gasteiger partial charge >= 0.3 is 0 Å². The SMILES string of the molecule is CC(C)(C)NC(=O)c1ccnc(-n2nc(C(=O)NC(C)(C)C)c3c2[C@@H]2C[C@@H]2C3)c1. The van der Waals surface area contributed by atoms with Crippen molar-refractivity contribution in [3.63, 3.8) is 0 Å². The molecule has 2 aliphatic rings. The van der Waals surface area contributed by atoms with Crippen LogP contribution in [0.1, 0.15) is 86.0 Å². The van der Waals surface area contributed by atoms with Crippen LogP contribution in [0, 0.1) is 5.92 Å². The number of nitrogens with zero attached hydrogens (tertiary/aromatic N) is 3. The number of carbonyl (C=O) groups is 2. The fourth-order valence-electron chi connectivity index (χ4n) is 3.96. The third kappa shape index (κ3) is 3.91. The molecule has 0 aromatic carbocycles. The molecule has 154 valence electrons. The summed E-state index contributed by atoms with van der Waals surface area (Å²) in [5, 5.41) is 10.6. The summed E-state index contributed by atoms with van der Waals surface area (Å²) >= 11 is 0. The maximum Gasteiger partial charge on any atom is 0.272 e. The Morgan fingerprint density at radius 3 is 2.38 bits per heavy atom. The first-order valence-corrected chi connectivity index (χ1v) is 10.2. The van der Waals surface area contributed by atoms with Crippen LogP contribution < -0.4 is 10.6 Å². The summed E-state index contributed by atoms with van der Waals surface area (Å²) in [5.74, 6) is 1.30. The summed E-state index contributed by atoms with van der Waals surface area (Å²) < 4.78 is 1.78. The van der Waals surface area contributed by atoms with E-state index in [4.69, 9.17) is 0 Å². The van der Waals surface area contributed by atoms with Crippen molar-refractivity contribution in [2.24, 2.45) is 5.92 Å². The second kappa shape index (κ2) is 6.40. The molecule has 0 unspecified atom stereocenters. The zero-order valence-corrected chi connectivity index (χ0v) is 18.0. The molecule has 0 saturated heterocycles. The van der Waals surface area contributed by atoms with Crippen molar-refractivity contribution in [2.45, 2.75) is 71.4 Å². The molecule has 0 aliphatic heterocycles. The Bertz CT molecular complexity index is 994. The van der Waals surface area contributed by atoms with Gasteiger partial charge in [0.15, 0.2) is 11.5 Å². The number of pyridine rings is 1. The van der Waals surface area contributed by atoms with Crippen molar-refractivity contribution in [2.75, 3.05) is 0 Å². The number of hydrogen-bond donors (Lipinski definition) is 2. The van der Waals surface area contributed by atoms with Gasteiger partial charge < -0.3 is 10.6 Å². The molecular formula is C22H29N5O2. The van der Waals surface area contributed by atoms with Gasteiger partial charge in [-0.3, -0.25) is 9.59 Å². The van der Waals surface area contributed by atoms with E-state index in [0.29, 0.717) is 28.9 Å². The highest BCUT2D eigenvalue weighted by Crippen LogP contribution is 2.57. The molecule has 7 nitrogen and oxygen atoms in total. The van der Waals surface area contributed by atoms with Gasteiger partial charge in [0.2, 0.25) is 0 Å². The lowest BCUT2D eigenvalue weighted by atomic mass is 10.1. The topological polar surface area (TPSA) is 88.9 Å². The van der Waals surface area contributed by atoms with Gasteiger partial charge in [-0.25, -0.2) is 9.67 Å². The quantitative estimate of drug-likeness (QED) is 0.836. The van der Waals surface area contributed by atoms with Gasteiger partial charge in [-0.15, -0.1) is 0 Å². The van der Waals surface area contributed by atoms with Crippen molar-refractivity contribution < 1.29 is 9.59 Å². The van der Waals surface area contributed by atoms with Gasteiger partial charge in [0.05, 0.1) is 5.69 Å². The molecule has 0 radical (unpaired) electrons. The van der Waals surface area contributed by atoms with Crippen LogP contribution in [0.25, 0.3) is 5.82 Å². The Morgan fingerprint density at radius 1 is 1.07 bits per heavy atom. The molecule has 2 aromatic rings. The molecule has 2 aromatic heterocycles. The minimum absolute atomic E-state index is 0.153. The van der Waals surface area contributed by atoms with Crippen LogP contribution in [0.2, 0.25) is 0 Å². The molecule has 2 heterocycles. The van der Waals surface area contributed by atoms with E-state index in [1.807, 2.05) is 41.5 Å². The molecule has 4 rings (SSSR count).